The van der Waals surface area contributed by atoms with Crippen molar-refractivity contribution in [3.63, 3.8) is 0 Å². The van der Waals surface area contributed by atoms with Gasteiger partial charge in [-0.3, -0.25) is 4.79 Å². The number of carbonyl (C=O) groups is 1. The number of carboxylic acids is 1. The molecule has 2 aromatic carbocycles. The van der Waals surface area contributed by atoms with Gasteiger partial charge in [-0.2, -0.15) is 0 Å². The second-order valence-electron chi connectivity index (χ2n) is 8.00. The van der Waals surface area contributed by atoms with E-state index in [1.807, 2.05) is 31.2 Å². The highest BCUT2D eigenvalue weighted by molar-refractivity contribution is 5.83. The van der Waals surface area contributed by atoms with Crippen LogP contribution in [0.2, 0.25) is 0 Å². The first-order valence-corrected chi connectivity index (χ1v) is 9.14. The first-order valence-electron chi connectivity index (χ1n) is 9.14. The third kappa shape index (κ3) is 3.79. The number of rotatable bonds is 4. The summed E-state index contributed by atoms with van der Waals surface area (Å²) in [5, 5.41) is 11.5. The van der Waals surface area contributed by atoms with E-state index in [9.17, 15) is 14.7 Å². The Balaban J connectivity index is 2.23. The molecule has 3 aromatic rings. The highest BCUT2D eigenvalue weighted by Crippen LogP contribution is 2.33. The molecular formula is C23H23O5-. The summed E-state index contributed by atoms with van der Waals surface area (Å²) in [6.07, 6.45) is -1.29. The van der Waals surface area contributed by atoms with E-state index in [1.54, 1.807) is 18.2 Å². The summed E-state index contributed by atoms with van der Waals surface area (Å²) in [6, 6.07) is 12.8. The molecule has 3 rings (SSSR count). The van der Waals surface area contributed by atoms with Gasteiger partial charge in [-0.25, -0.2) is 0 Å². The molecule has 1 heterocycles. The highest BCUT2D eigenvalue weighted by atomic mass is 16.5. The van der Waals surface area contributed by atoms with Crippen LogP contribution in [0.1, 0.15) is 38.8 Å². The molecule has 0 saturated heterocycles. The molecular weight excluding hydrogens is 356 g/mol. The molecule has 0 amide bonds. The zero-order valence-corrected chi connectivity index (χ0v) is 16.7. The topological polar surface area (TPSA) is 79.6 Å². The van der Waals surface area contributed by atoms with Crippen LogP contribution >= 0.6 is 0 Å². The minimum atomic E-state index is -1.41. The van der Waals surface area contributed by atoms with E-state index in [-0.39, 0.29) is 16.9 Å². The van der Waals surface area contributed by atoms with Crippen molar-refractivity contribution in [2.24, 2.45) is 0 Å². The lowest BCUT2D eigenvalue weighted by Gasteiger charge is -2.20. The highest BCUT2D eigenvalue weighted by Gasteiger charge is 2.21. The molecule has 5 nitrogen and oxygen atoms in total. The third-order valence-corrected chi connectivity index (χ3v) is 4.65. The Morgan fingerprint density at radius 1 is 1.11 bits per heavy atom. The first-order chi connectivity index (χ1) is 13.1. The number of hydrogen-bond acceptors (Lipinski definition) is 5. The summed E-state index contributed by atoms with van der Waals surface area (Å²) in [6.45, 7) is 9.55. The van der Waals surface area contributed by atoms with Crippen molar-refractivity contribution in [1.29, 1.82) is 0 Å². The van der Waals surface area contributed by atoms with Gasteiger partial charge in [0.05, 0.1) is 11.4 Å². The Labute approximate surface area is 163 Å². The van der Waals surface area contributed by atoms with Gasteiger partial charge in [0.2, 0.25) is 11.2 Å². The molecule has 0 aliphatic heterocycles. The average Bonchev–Trinajstić information content (AvgIpc) is 2.62. The van der Waals surface area contributed by atoms with Gasteiger partial charge in [0.15, 0.2) is 5.76 Å². The van der Waals surface area contributed by atoms with Crippen LogP contribution in [0.25, 0.3) is 22.3 Å². The second kappa shape index (κ2) is 7.15. The molecule has 0 N–H and O–H groups in total. The number of hydrogen-bond donors (Lipinski definition) is 0. The molecule has 1 aromatic heterocycles. The average molecular weight is 379 g/mol. The van der Waals surface area contributed by atoms with Crippen molar-refractivity contribution in [3.05, 3.63) is 63.8 Å². The van der Waals surface area contributed by atoms with Crippen LogP contribution in [0.3, 0.4) is 0 Å². The molecule has 0 aliphatic carbocycles. The largest absolute Gasteiger partial charge is 0.546 e. The fourth-order valence-corrected chi connectivity index (χ4v) is 2.93. The molecule has 5 heteroatoms. The molecule has 146 valence electrons. The fourth-order valence-electron chi connectivity index (χ4n) is 2.93. The Bertz CT molecular complexity index is 1080. The standard InChI is InChI=1S/C23H24O5/c1-13-6-11-17-18(12-13)28-20(21(19(17)24)27-14(2)22(25)26)15-7-9-16(10-8-15)23(3,4)5/h6-12,14H,1-5H3,(H,25,26)/p-1. The molecule has 0 spiro atoms. The van der Waals surface area contributed by atoms with Crippen molar-refractivity contribution >= 4 is 16.9 Å². The number of carboxylic acid groups (broad SMARTS) is 1. The minimum absolute atomic E-state index is 0.0251. The number of aryl methyl sites for hydroxylation is 1. The Hall–Kier alpha value is -3.08. The maximum atomic E-state index is 13.0. The van der Waals surface area contributed by atoms with Gasteiger partial charge in [0, 0.05) is 5.56 Å². The summed E-state index contributed by atoms with van der Waals surface area (Å²) in [5.41, 5.74) is 2.69. The predicted octanol–water partition coefficient (Wildman–Crippen LogP) is 3.58. The number of carbonyl (C=O) groups excluding carboxylic acids is 1. The molecule has 0 bridgehead atoms. The van der Waals surface area contributed by atoms with Crippen molar-refractivity contribution in [1.82, 2.24) is 0 Å². The van der Waals surface area contributed by atoms with Gasteiger partial charge in [-0.1, -0.05) is 51.1 Å². The summed E-state index contributed by atoms with van der Waals surface area (Å²) in [5.74, 6) is -1.33. The smallest absolute Gasteiger partial charge is 0.235 e. The molecule has 1 atom stereocenters. The Morgan fingerprint density at radius 3 is 2.32 bits per heavy atom. The van der Waals surface area contributed by atoms with Crippen LogP contribution in [-0.4, -0.2) is 12.1 Å². The normalized spacial score (nSPS) is 12.8. The molecule has 0 saturated carbocycles. The van der Waals surface area contributed by atoms with Gasteiger partial charge in [-0.15, -0.1) is 0 Å². The van der Waals surface area contributed by atoms with E-state index in [0.717, 1.165) is 11.1 Å². The lowest BCUT2D eigenvalue weighted by molar-refractivity contribution is -0.312. The second-order valence-corrected chi connectivity index (χ2v) is 8.00. The van der Waals surface area contributed by atoms with Crippen LogP contribution in [-0.2, 0) is 10.2 Å². The summed E-state index contributed by atoms with van der Waals surface area (Å²) < 4.78 is 11.5. The molecule has 0 radical (unpaired) electrons. The van der Waals surface area contributed by atoms with Crippen LogP contribution in [0.15, 0.2) is 51.7 Å². The van der Waals surface area contributed by atoms with E-state index in [4.69, 9.17) is 9.15 Å². The summed E-state index contributed by atoms with van der Waals surface area (Å²) in [4.78, 5) is 24.2. The zero-order valence-electron chi connectivity index (χ0n) is 16.7. The van der Waals surface area contributed by atoms with E-state index in [2.05, 4.69) is 20.8 Å². The summed E-state index contributed by atoms with van der Waals surface area (Å²) in [7, 11) is 0. The molecule has 1 unspecified atom stereocenters. The van der Waals surface area contributed by atoms with Gasteiger partial charge in [0.25, 0.3) is 0 Å². The maximum absolute atomic E-state index is 13.0. The van der Waals surface area contributed by atoms with E-state index >= 15 is 0 Å². The number of aliphatic carboxylic acids is 1. The Kier molecular flexibility index (Phi) is 5.02. The molecule has 0 aliphatic rings. The van der Waals surface area contributed by atoms with E-state index in [1.165, 1.54) is 6.92 Å². The number of benzene rings is 2. The molecule has 28 heavy (non-hydrogen) atoms. The first kappa shape index (κ1) is 19.7. The summed E-state index contributed by atoms with van der Waals surface area (Å²) >= 11 is 0. The lowest BCUT2D eigenvalue weighted by Crippen LogP contribution is -2.38. The van der Waals surface area contributed by atoms with Gasteiger partial charge >= 0.3 is 0 Å². The minimum Gasteiger partial charge on any atom is -0.546 e. The SMILES string of the molecule is Cc1ccc2c(=O)c(OC(C)C(=O)[O-])c(-c3ccc(C(C)(C)C)cc3)oc2c1. The van der Waals surface area contributed by atoms with Crippen molar-refractivity contribution in [3.8, 4) is 17.1 Å². The lowest BCUT2D eigenvalue weighted by atomic mass is 9.86. The van der Waals surface area contributed by atoms with Crippen molar-refractivity contribution in [2.75, 3.05) is 0 Å². The van der Waals surface area contributed by atoms with Crippen molar-refractivity contribution in [2.45, 2.75) is 46.1 Å². The predicted molar refractivity (Wildman–Crippen MR) is 106 cm³/mol. The maximum Gasteiger partial charge on any atom is 0.235 e. The third-order valence-electron chi connectivity index (χ3n) is 4.65. The van der Waals surface area contributed by atoms with Crippen LogP contribution < -0.4 is 15.3 Å². The zero-order chi connectivity index (χ0) is 20.6. The monoisotopic (exact) mass is 379 g/mol. The van der Waals surface area contributed by atoms with E-state index in [0.29, 0.717) is 16.5 Å². The van der Waals surface area contributed by atoms with Crippen LogP contribution in [0, 0.1) is 6.92 Å². The Morgan fingerprint density at radius 2 is 1.75 bits per heavy atom. The quantitative estimate of drug-likeness (QED) is 0.692. The van der Waals surface area contributed by atoms with E-state index < -0.39 is 17.5 Å². The van der Waals surface area contributed by atoms with Crippen molar-refractivity contribution < 1.29 is 19.1 Å². The van der Waals surface area contributed by atoms with Gasteiger partial charge < -0.3 is 19.1 Å². The van der Waals surface area contributed by atoms with Crippen LogP contribution in [0.5, 0.6) is 5.75 Å². The number of ether oxygens (including phenoxy) is 1. The van der Waals surface area contributed by atoms with Gasteiger partial charge in [0.1, 0.15) is 11.7 Å². The van der Waals surface area contributed by atoms with Crippen LogP contribution in [0.4, 0.5) is 0 Å². The molecule has 0 fully saturated rings. The fraction of sp³-hybridized carbons (Fsp3) is 0.304. The number of fused-ring (bicyclic) bond motifs is 1. The van der Waals surface area contributed by atoms with Gasteiger partial charge in [-0.05, 0) is 42.5 Å².